The monoisotopic (exact) mass is 632 g/mol. The third-order valence-electron chi connectivity index (χ3n) is 6.65. The van der Waals surface area contributed by atoms with Gasteiger partial charge in [-0.05, 0) is 84.5 Å². The molecule has 0 aliphatic rings. The minimum atomic E-state index is -1.11. The van der Waals surface area contributed by atoms with E-state index in [1.165, 1.54) is 39.5 Å². The second kappa shape index (κ2) is 18.4. The van der Waals surface area contributed by atoms with Crippen LogP contribution in [0.3, 0.4) is 0 Å². The lowest BCUT2D eigenvalue weighted by Crippen LogP contribution is -2.10. The van der Waals surface area contributed by atoms with Crippen LogP contribution in [-0.4, -0.2) is 56.9 Å². The molecule has 0 unspecified atom stereocenters. The molecule has 11 nitrogen and oxygen atoms in total. The quantitative estimate of drug-likeness (QED) is 0.0460. The molecule has 0 heterocycles. The zero-order valence-corrected chi connectivity index (χ0v) is 25.9. The van der Waals surface area contributed by atoms with Crippen LogP contribution < -0.4 is 14.4 Å². The van der Waals surface area contributed by atoms with Gasteiger partial charge in [-0.2, -0.15) is 4.89 Å². The van der Waals surface area contributed by atoms with E-state index in [1.54, 1.807) is 66.7 Å². The number of aryl methyl sites for hydroxylation is 1. The molecular weight excluding hydrogens is 596 g/mol. The lowest BCUT2D eigenvalue weighted by atomic mass is 10.0. The summed E-state index contributed by atoms with van der Waals surface area (Å²) in [5, 5.41) is 9.74. The van der Waals surface area contributed by atoms with E-state index in [0.29, 0.717) is 35.7 Å². The SMILES string of the molecule is COC(=O)/C=C/c1ccc(C(=O)Oc2ccc(CCCCCCOOc3ccc(/C=C/C(=O)OC)cc3OC)c(C(=O)O)c2)cc1. The van der Waals surface area contributed by atoms with Crippen LogP contribution in [0.15, 0.2) is 72.8 Å². The second-order valence-electron chi connectivity index (χ2n) is 9.83. The third kappa shape index (κ3) is 11.3. The minimum Gasteiger partial charge on any atom is -0.493 e. The van der Waals surface area contributed by atoms with Gasteiger partial charge in [0.15, 0.2) is 5.75 Å². The number of carbonyl (C=O) groups is 4. The first kappa shape index (κ1) is 35.1. The number of ether oxygens (including phenoxy) is 4. The number of hydrogen-bond acceptors (Lipinski definition) is 10. The number of carbonyl (C=O) groups excluding carboxylic acids is 3. The Bertz CT molecular complexity index is 1560. The van der Waals surface area contributed by atoms with Crippen LogP contribution in [0.2, 0.25) is 0 Å². The van der Waals surface area contributed by atoms with Crippen molar-refractivity contribution in [3.8, 4) is 17.2 Å². The Morgan fingerprint density at radius 1 is 0.717 bits per heavy atom. The fourth-order valence-electron chi connectivity index (χ4n) is 4.19. The van der Waals surface area contributed by atoms with Gasteiger partial charge in [-0.1, -0.05) is 37.1 Å². The maximum absolute atomic E-state index is 12.6. The number of carboxylic acids is 1. The second-order valence-corrected chi connectivity index (χ2v) is 9.83. The largest absolute Gasteiger partial charge is 0.493 e. The number of esters is 3. The Labute approximate surface area is 266 Å². The van der Waals surface area contributed by atoms with Crippen LogP contribution in [-0.2, 0) is 30.4 Å². The predicted octanol–water partition coefficient (Wildman–Crippen LogP) is 6.10. The van der Waals surface area contributed by atoms with Crippen LogP contribution in [0.4, 0.5) is 0 Å². The number of benzene rings is 3. The standard InChI is InChI=1S/C35H36O11/c1-41-31-22-25(13-20-33(37)43-3)11-18-30(31)46-44-21-7-5-4-6-8-26-16-17-28(23-29(26)34(38)39)45-35(40)27-14-9-24(10-15-27)12-19-32(36)42-2/h9-20,22-23H,4-8,21H2,1-3H3,(H,38,39)/b19-12+,20-13+. The van der Waals surface area contributed by atoms with Crippen LogP contribution in [0.25, 0.3) is 12.2 Å². The van der Waals surface area contributed by atoms with Gasteiger partial charge in [-0.25, -0.2) is 19.2 Å². The highest BCUT2D eigenvalue weighted by Gasteiger charge is 2.15. The van der Waals surface area contributed by atoms with Crippen molar-refractivity contribution in [2.45, 2.75) is 32.1 Å². The number of carboxylic acid groups (broad SMARTS) is 1. The first-order valence-corrected chi connectivity index (χ1v) is 14.4. The molecule has 3 rings (SSSR count). The molecule has 0 aromatic heterocycles. The van der Waals surface area contributed by atoms with E-state index in [2.05, 4.69) is 9.47 Å². The molecule has 0 spiro atoms. The molecule has 0 saturated heterocycles. The van der Waals surface area contributed by atoms with Crippen LogP contribution in [0, 0.1) is 0 Å². The molecule has 0 atom stereocenters. The van der Waals surface area contributed by atoms with Gasteiger partial charge in [-0.15, -0.1) is 0 Å². The molecule has 0 fully saturated rings. The van der Waals surface area contributed by atoms with E-state index in [0.717, 1.165) is 31.2 Å². The lowest BCUT2D eigenvalue weighted by Gasteiger charge is -2.11. The van der Waals surface area contributed by atoms with Gasteiger partial charge in [0.25, 0.3) is 0 Å². The molecule has 0 bridgehead atoms. The van der Waals surface area contributed by atoms with Crippen molar-refractivity contribution in [1.29, 1.82) is 0 Å². The van der Waals surface area contributed by atoms with Crippen molar-refractivity contribution in [3.05, 3.63) is 101 Å². The Kier molecular flexibility index (Phi) is 14.0. The molecular formula is C35H36O11. The van der Waals surface area contributed by atoms with Crippen molar-refractivity contribution >= 4 is 36.0 Å². The average Bonchev–Trinajstić information content (AvgIpc) is 3.07. The smallest absolute Gasteiger partial charge is 0.343 e. The van der Waals surface area contributed by atoms with E-state index in [9.17, 15) is 24.3 Å². The predicted molar refractivity (Wildman–Crippen MR) is 169 cm³/mol. The first-order chi connectivity index (χ1) is 22.2. The Morgan fingerprint density at radius 2 is 1.37 bits per heavy atom. The summed E-state index contributed by atoms with van der Waals surface area (Å²) in [6, 6.07) is 16.1. The van der Waals surface area contributed by atoms with Gasteiger partial charge in [0.05, 0.1) is 39.1 Å². The molecule has 0 aliphatic carbocycles. The van der Waals surface area contributed by atoms with Crippen molar-refractivity contribution < 1.29 is 53.0 Å². The molecule has 0 aliphatic heterocycles. The van der Waals surface area contributed by atoms with Gasteiger partial charge in [0.2, 0.25) is 5.75 Å². The zero-order chi connectivity index (χ0) is 33.3. The van der Waals surface area contributed by atoms with Crippen molar-refractivity contribution in [1.82, 2.24) is 0 Å². The lowest BCUT2D eigenvalue weighted by molar-refractivity contribution is -0.208. The summed E-state index contributed by atoms with van der Waals surface area (Å²) in [5.41, 5.74) is 2.41. The Morgan fingerprint density at radius 3 is 2.02 bits per heavy atom. The third-order valence-corrected chi connectivity index (χ3v) is 6.65. The van der Waals surface area contributed by atoms with E-state index in [1.807, 2.05) is 0 Å². The highest BCUT2D eigenvalue weighted by atomic mass is 17.2. The molecule has 0 saturated carbocycles. The average molecular weight is 633 g/mol. The topological polar surface area (TPSA) is 144 Å². The summed E-state index contributed by atoms with van der Waals surface area (Å²) >= 11 is 0. The molecule has 1 N–H and O–H groups in total. The van der Waals surface area contributed by atoms with Crippen molar-refractivity contribution in [2.75, 3.05) is 27.9 Å². The molecule has 46 heavy (non-hydrogen) atoms. The Balaban J connectivity index is 1.42. The van der Waals surface area contributed by atoms with E-state index >= 15 is 0 Å². The van der Waals surface area contributed by atoms with E-state index in [-0.39, 0.29) is 16.9 Å². The van der Waals surface area contributed by atoms with Gasteiger partial charge in [-0.3, -0.25) is 0 Å². The Hall–Kier alpha value is -5.42. The molecule has 3 aromatic carbocycles. The fraction of sp³-hybridized carbons (Fsp3) is 0.257. The molecule has 3 aromatic rings. The number of methoxy groups -OCH3 is 3. The van der Waals surface area contributed by atoms with Gasteiger partial charge < -0.3 is 28.9 Å². The van der Waals surface area contributed by atoms with Crippen LogP contribution >= 0.6 is 0 Å². The normalized spacial score (nSPS) is 10.9. The summed E-state index contributed by atoms with van der Waals surface area (Å²) in [7, 11) is 4.09. The zero-order valence-electron chi connectivity index (χ0n) is 25.9. The summed E-state index contributed by atoms with van der Waals surface area (Å²) in [4.78, 5) is 57.7. The molecule has 11 heteroatoms. The number of rotatable bonds is 17. The number of aromatic carboxylic acids is 1. The highest BCUT2D eigenvalue weighted by molar-refractivity contribution is 5.93. The summed E-state index contributed by atoms with van der Waals surface area (Å²) in [6.07, 6.45) is 9.43. The summed E-state index contributed by atoms with van der Waals surface area (Å²) in [5.74, 6) is -1.73. The maximum atomic E-state index is 12.6. The molecule has 0 radical (unpaired) electrons. The van der Waals surface area contributed by atoms with Crippen LogP contribution in [0.1, 0.15) is 63.1 Å². The maximum Gasteiger partial charge on any atom is 0.343 e. The number of hydrogen-bond donors (Lipinski definition) is 1. The molecule has 242 valence electrons. The van der Waals surface area contributed by atoms with Crippen molar-refractivity contribution in [2.24, 2.45) is 0 Å². The van der Waals surface area contributed by atoms with Gasteiger partial charge >= 0.3 is 23.9 Å². The van der Waals surface area contributed by atoms with E-state index in [4.69, 9.17) is 19.2 Å². The first-order valence-electron chi connectivity index (χ1n) is 14.4. The van der Waals surface area contributed by atoms with Gasteiger partial charge in [0, 0.05) is 12.2 Å². The molecule has 0 amide bonds. The minimum absolute atomic E-state index is 0.0751. The fourth-order valence-corrected chi connectivity index (χ4v) is 4.19. The van der Waals surface area contributed by atoms with Crippen molar-refractivity contribution in [3.63, 3.8) is 0 Å². The summed E-state index contributed by atoms with van der Waals surface area (Å²) < 4.78 is 19.9. The van der Waals surface area contributed by atoms with Crippen LogP contribution in [0.5, 0.6) is 17.2 Å². The summed E-state index contributed by atoms with van der Waals surface area (Å²) in [6.45, 7) is 0.348. The van der Waals surface area contributed by atoms with E-state index < -0.39 is 23.9 Å². The number of unbranched alkanes of at least 4 members (excludes halogenated alkanes) is 3. The highest BCUT2D eigenvalue weighted by Crippen LogP contribution is 2.29. The van der Waals surface area contributed by atoms with Gasteiger partial charge in [0.1, 0.15) is 5.75 Å².